The van der Waals surface area contributed by atoms with Gasteiger partial charge in [0.25, 0.3) is 11.5 Å². The van der Waals surface area contributed by atoms with Gasteiger partial charge in [0.15, 0.2) is 0 Å². The minimum Gasteiger partial charge on any atom is -0.494 e. The summed E-state index contributed by atoms with van der Waals surface area (Å²) in [5.41, 5.74) is 1.06. The summed E-state index contributed by atoms with van der Waals surface area (Å²) in [6.45, 7) is 4.45. The maximum Gasteiger partial charge on any atom is 0.337 e. The maximum absolute atomic E-state index is 13.6. The molecule has 0 saturated carbocycles. The number of carbonyl (C=O) groups is 1. The molecule has 0 unspecified atom stereocenters. The van der Waals surface area contributed by atoms with Gasteiger partial charge in [0, 0.05) is 14.1 Å². The molecular weight excluding hydrogens is 438 g/mol. The van der Waals surface area contributed by atoms with Crippen LogP contribution < -0.4 is 16.0 Å². The van der Waals surface area contributed by atoms with E-state index < -0.39 is 11.2 Å². The third-order valence-corrected chi connectivity index (χ3v) is 6.71. The average molecular weight is 464 g/mol. The molecule has 2 aromatic carbocycles. The predicted molar refractivity (Wildman–Crippen MR) is 131 cm³/mol. The topological polar surface area (TPSA) is 73.5 Å². The van der Waals surface area contributed by atoms with Crippen molar-refractivity contribution < 1.29 is 9.53 Å². The van der Waals surface area contributed by atoms with E-state index in [1.807, 2.05) is 37.3 Å². The van der Waals surface area contributed by atoms with Gasteiger partial charge in [-0.05, 0) is 49.2 Å². The lowest BCUT2D eigenvalue weighted by Crippen LogP contribution is -2.38. The number of hydrogen-bond donors (Lipinski definition) is 0. The van der Waals surface area contributed by atoms with Gasteiger partial charge in [-0.3, -0.25) is 14.2 Å². The second-order valence-electron chi connectivity index (χ2n) is 7.86. The highest BCUT2D eigenvalue weighted by atomic mass is 32.1. The molecule has 0 aliphatic carbocycles. The van der Waals surface area contributed by atoms with E-state index in [9.17, 15) is 14.4 Å². The molecule has 0 N–H and O–H groups in total. The molecule has 0 spiro atoms. The monoisotopic (exact) mass is 463 g/mol. The van der Waals surface area contributed by atoms with Crippen LogP contribution in [0.4, 0.5) is 0 Å². The van der Waals surface area contributed by atoms with E-state index in [4.69, 9.17) is 4.74 Å². The second-order valence-corrected chi connectivity index (χ2v) is 8.86. The van der Waals surface area contributed by atoms with Gasteiger partial charge >= 0.3 is 5.69 Å². The molecule has 0 saturated heterocycles. The maximum atomic E-state index is 13.6. The van der Waals surface area contributed by atoms with Crippen molar-refractivity contribution in [2.24, 2.45) is 0 Å². The normalized spacial score (nSPS) is 11.0. The lowest BCUT2D eigenvalue weighted by molar-refractivity contribution is 0.0831. The minimum absolute atomic E-state index is 0.195. The van der Waals surface area contributed by atoms with Gasteiger partial charge in [0.2, 0.25) is 0 Å². The summed E-state index contributed by atoms with van der Waals surface area (Å²) in [5, 5.41) is 0.384. The first-order chi connectivity index (χ1) is 15.8. The van der Waals surface area contributed by atoms with Crippen molar-refractivity contribution in [1.29, 1.82) is 0 Å². The van der Waals surface area contributed by atoms with Gasteiger partial charge in [-0.15, -0.1) is 11.3 Å². The highest BCUT2D eigenvalue weighted by Crippen LogP contribution is 2.29. The fraction of sp³-hybridized carbons (Fsp3) is 0.240. The number of amides is 1. The molecule has 2 aromatic heterocycles. The van der Waals surface area contributed by atoms with Crippen molar-refractivity contribution in [2.45, 2.75) is 20.4 Å². The summed E-state index contributed by atoms with van der Waals surface area (Å²) >= 11 is 1.19. The number of thiophene rings is 1. The number of aromatic nitrogens is 2. The molecule has 170 valence electrons. The Balaban J connectivity index is 2.02. The predicted octanol–water partition coefficient (Wildman–Crippen LogP) is 3.67. The van der Waals surface area contributed by atoms with Crippen LogP contribution in [0.25, 0.3) is 15.9 Å². The summed E-state index contributed by atoms with van der Waals surface area (Å²) in [7, 11) is 3.34. The number of ether oxygens (including phenoxy) is 1. The number of nitrogens with zero attached hydrogens (tertiary/aromatic N) is 3. The van der Waals surface area contributed by atoms with Gasteiger partial charge in [-0.1, -0.05) is 30.3 Å². The van der Waals surface area contributed by atoms with Crippen LogP contribution in [-0.2, 0) is 6.54 Å². The van der Waals surface area contributed by atoms with Crippen molar-refractivity contribution in [1.82, 2.24) is 14.0 Å². The number of fused-ring (bicyclic) bond motifs is 1. The molecule has 0 atom stereocenters. The van der Waals surface area contributed by atoms with Crippen LogP contribution in [0.2, 0.25) is 0 Å². The molecule has 1 amide bonds. The molecule has 0 radical (unpaired) electrons. The summed E-state index contributed by atoms with van der Waals surface area (Å²) in [6.07, 6.45) is 0. The molecule has 0 aliphatic heterocycles. The van der Waals surface area contributed by atoms with Crippen LogP contribution in [0.15, 0.2) is 64.2 Å². The molecule has 0 fully saturated rings. The lowest BCUT2D eigenvalue weighted by Gasteiger charge is -2.13. The molecule has 4 rings (SSSR count). The summed E-state index contributed by atoms with van der Waals surface area (Å²) < 4.78 is 8.24. The minimum atomic E-state index is -0.453. The Kier molecular flexibility index (Phi) is 6.20. The zero-order chi connectivity index (χ0) is 23.7. The smallest absolute Gasteiger partial charge is 0.337 e. The Bertz CT molecular complexity index is 1430. The van der Waals surface area contributed by atoms with E-state index >= 15 is 0 Å². The fourth-order valence-corrected chi connectivity index (χ4v) is 5.06. The number of rotatable bonds is 6. The van der Waals surface area contributed by atoms with E-state index in [1.165, 1.54) is 20.8 Å². The highest BCUT2D eigenvalue weighted by Gasteiger charge is 2.24. The van der Waals surface area contributed by atoms with Crippen molar-refractivity contribution in [2.75, 3.05) is 20.7 Å². The number of carbonyl (C=O) groups excluding carboxylic acids is 1. The van der Waals surface area contributed by atoms with E-state index in [0.717, 1.165) is 5.56 Å². The molecular formula is C25H25N3O4S. The molecule has 7 nitrogen and oxygen atoms in total. The molecule has 0 aliphatic rings. The molecule has 33 heavy (non-hydrogen) atoms. The highest BCUT2D eigenvalue weighted by molar-refractivity contribution is 7.20. The Hall–Kier alpha value is -3.65. The van der Waals surface area contributed by atoms with Crippen molar-refractivity contribution in [3.63, 3.8) is 0 Å². The van der Waals surface area contributed by atoms with Gasteiger partial charge < -0.3 is 9.64 Å². The number of hydrogen-bond acceptors (Lipinski definition) is 5. The third-order valence-electron chi connectivity index (χ3n) is 5.40. The van der Waals surface area contributed by atoms with Gasteiger partial charge in [-0.25, -0.2) is 9.36 Å². The van der Waals surface area contributed by atoms with E-state index in [2.05, 4.69) is 0 Å². The molecule has 4 aromatic rings. The van der Waals surface area contributed by atoms with Crippen LogP contribution in [0.3, 0.4) is 0 Å². The van der Waals surface area contributed by atoms with Gasteiger partial charge in [-0.2, -0.15) is 0 Å². The van der Waals surface area contributed by atoms with E-state index in [-0.39, 0.29) is 12.5 Å². The van der Waals surface area contributed by atoms with Crippen LogP contribution in [-0.4, -0.2) is 40.6 Å². The first kappa shape index (κ1) is 22.5. The summed E-state index contributed by atoms with van der Waals surface area (Å²) in [6, 6.07) is 16.4. The zero-order valence-electron chi connectivity index (χ0n) is 19.0. The largest absolute Gasteiger partial charge is 0.494 e. The van der Waals surface area contributed by atoms with Crippen molar-refractivity contribution in [3.8, 4) is 11.4 Å². The van der Waals surface area contributed by atoms with Gasteiger partial charge in [0.05, 0.1) is 29.1 Å². The van der Waals surface area contributed by atoms with Crippen molar-refractivity contribution in [3.05, 3.63) is 91.4 Å². The second kappa shape index (κ2) is 9.07. The van der Waals surface area contributed by atoms with Crippen LogP contribution in [0.1, 0.15) is 27.7 Å². The van der Waals surface area contributed by atoms with E-state index in [1.54, 1.807) is 49.9 Å². The summed E-state index contributed by atoms with van der Waals surface area (Å²) in [5.74, 6) is 0.463. The Morgan fingerprint density at radius 2 is 1.70 bits per heavy atom. The molecule has 8 heteroatoms. The van der Waals surface area contributed by atoms with Crippen molar-refractivity contribution >= 4 is 27.5 Å². The van der Waals surface area contributed by atoms with Crippen LogP contribution in [0, 0.1) is 6.92 Å². The van der Waals surface area contributed by atoms with E-state index in [0.29, 0.717) is 38.7 Å². The Morgan fingerprint density at radius 3 is 2.30 bits per heavy atom. The van der Waals surface area contributed by atoms with Gasteiger partial charge in [0.1, 0.15) is 10.6 Å². The zero-order valence-corrected chi connectivity index (χ0v) is 19.8. The first-order valence-electron chi connectivity index (χ1n) is 10.6. The number of aryl methyl sites for hydroxylation is 1. The van der Waals surface area contributed by atoms with Crippen LogP contribution >= 0.6 is 11.3 Å². The Labute approximate surface area is 195 Å². The van der Waals surface area contributed by atoms with Crippen LogP contribution in [0.5, 0.6) is 5.75 Å². The summed E-state index contributed by atoms with van der Waals surface area (Å²) in [4.78, 5) is 42.5. The Morgan fingerprint density at radius 1 is 1.03 bits per heavy atom. The molecule has 2 heterocycles. The fourth-order valence-electron chi connectivity index (χ4n) is 3.74. The molecule has 0 bridgehead atoms. The SMILES string of the molecule is CCOc1ccc(-n2c(=O)c3c(C)c(C(=O)N(C)C)sc3n(Cc3ccccc3)c2=O)cc1. The standard InChI is InChI=1S/C25H25N3O4S/c1-5-32-19-13-11-18(12-14-19)28-22(29)20-16(2)21(23(30)26(3)4)33-24(20)27(25(28)31)15-17-9-7-6-8-10-17/h6-14H,5,15H2,1-4H3. The third kappa shape index (κ3) is 4.09. The average Bonchev–Trinajstić information content (AvgIpc) is 3.15. The quantitative estimate of drug-likeness (QED) is 0.437. The first-order valence-corrected chi connectivity index (χ1v) is 11.4. The lowest BCUT2D eigenvalue weighted by atomic mass is 10.2. The number of benzene rings is 2.